The molecule has 0 bridgehead atoms. The Kier molecular flexibility index (Phi) is 9.21. The highest BCUT2D eigenvalue weighted by molar-refractivity contribution is 7.89. The zero-order chi connectivity index (χ0) is 27.3. The summed E-state index contributed by atoms with van der Waals surface area (Å²) in [7, 11) is -4.02. The topological polar surface area (TPSA) is 153 Å². The number of benzene rings is 1. The minimum atomic E-state index is -4.02. The number of hydrogen-bond acceptors (Lipinski definition) is 9. The van der Waals surface area contributed by atoms with Gasteiger partial charge in [0.1, 0.15) is 11.0 Å². The lowest BCUT2D eigenvalue weighted by Crippen LogP contribution is -2.51. The Labute approximate surface area is 223 Å². The predicted octanol–water partition coefficient (Wildman–Crippen LogP) is 1.77. The quantitative estimate of drug-likeness (QED) is 0.381. The van der Waals surface area contributed by atoms with Gasteiger partial charge in [-0.3, -0.25) is 4.98 Å². The second-order valence-electron chi connectivity index (χ2n) is 10.1. The molecule has 1 aromatic heterocycles. The molecular weight excluding hydrogens is 512 g/mol. The molecule has 1 unspecified atom stereocenters. The predicted molar refractivity (Wildman–Crippen MR) is 139 cm³/mol. The van der Waals surface area contributed by atoms with Crippen LogP contribution >= 0.6 is 0 Å². The summed E-state index contributed by atoms with van der Waals surface area (Å²) in [5.74, 6) is -0.0581. The van der Waals surface area contributed by atoms with Crippen LogP contribution in [0, 0.1) is 11.8 Å². The summed E-state index contributed by atoms with van der Waals surface area (Å²) in [6, 6.07) is 9.84. The van der Waals surface area contributed by atoms with Gasteiger partial charge in [0.15, 0.2) is 6.29 Å². The van der Waals surface area contributed by atoms with Crippen LogP contribution in [0.3, 0.4) is 0 Å². The summed E-state index contributed by atoms with van der Waals surface area (Å²) in [5.41, 5.74) is 6.85. The van der Waals surface area contributed by atoms with Crippen LogP contribution in [-0.4, -0.2) is 79.7 Å². The lowest BCUT2D eigenvalue weighted by atomic mass is 10.0. The van der Waals surface area contributed by atoms with Crippen molar-refractivity contribution in [3.63, 3.8) is 0 Å². The number of hydrogen-bond donors (Lipinski definition) is 3. The minimum Gasteiger partial charge on any atom is -0.443 e. The molecule has 11 nitrogen and oxygen atoms in total. The van der Waals surface area contributed by atoms with Crippen LogP contribution in [0.1, 0.15) is 25.8 Å². The van der Waals surface area contributed by atoms with E-state index in [1.807, 2.05) is 44.2 Å². The van der Waals surface area contributed by atoms with Crippen LogP contribution in [0.25, 0.3) is 0 Å². The van der Waals surface area contributed by atoms with Gasteiger partial charge in [-0.15, -0.1) is 0 Å². The summed E-state index contributed by atoms with van der Waals surface area (Å²) in [5, 5.41) is 14.1. The molecule has 1 amide bonds. The van der Waals surface area contributed by atoms with Crippen molar-refractivity contribution in [3.8, 4) is 0 Å². The Bertz CT molecular complexity index is 1180. The minimum absolute atomic E-state index is 0.0274. The zero-order valence-electron chi connectivity index (χ0n) is 21.6. The first-order valence-corrected chi connectivity index (χ1v) is 14.2. The van der Waals surface area contributed by atoms with Crippen molar-refractivity contribution in [2.75, 3.05) is 32.0 Å². The van der Waals surface area contributed by atoms with E-state index >= 15 is 0 Å². The fourth-order valence-corrected chi connectivity index (χ4v) is 6.38. The molecule has 4 rings (SSSR count). The Balaban J connectivity index is 1.51. The molecule has 4 N–H and O–H groups in total. The number of nitrogens with one attached hydrogen (secondary N) is 1. The average Bonchev–Trinajstić information content (AvgIpc) is 3.49. The van der Waals surface area contributed by atoms with E-state index in [4.69, 9.17) is 19.9 Å². The Hall–Kier alpha value is -2.77. The summed E-state index contributed by atoms with van der Waals surface area (Å²) >= 11 is 0. The smallest absolute Gasteiger partial charge is 0.407 e. The molecule has 12 heteroatoms. The molecule has 208 valence electrons. The monoisotopic (exact) mass is 548 g/mol. The van der Waals surface area contributed by atoms with Crippen LogP contribution in [-0.2, 0) is 30.7 Å². The van der Waals surface area contributed by atoms with Crippen LogP contribution in [0.4, 0.5) is 10.5 Å². The number of fused-ring (bicyclic) bond motifs is 1. The normalized spacial score (nSPS) is 22.8. The Morgan fingerprint density at radius 1 is 1.24 bits per heavy atom. The molecule has 2 aliphatic heterocycles. The van der Waals surface area contributed by atoms with Crippen molar-refractivity contribution in [2.24, 2.45) is 11.8 Å². The summed E-state index contributed by atoms with van der Waals surface area (Å²) in [6.45, 7) is 4.45. The molecule has 0 spiro atoms. The van der Waals surface area contributed by atoms with Crippen LogP contribution in [0.15, 0.2) is 53.7 Å². The van der Waals surface area contributed by atoms with E-state index in [-0.39, 0.29) is 54.8 Å². The zero-order valence-corrected chi connectivity index (χ0v) is 22.4. The summed E-state index contributed by atoms with van der Waals surface area (Å²) in [6.07, 6.45) is 0.827. The summed E-state index contributed by atoms with van der Waals surface area (Å²) < 4.78 is 44.8. The van der Waals surface area contributed by atoms with E-state index in [9.17, 15) is 18.3 Å². The molecule has 2 fully saturated rings. The molecule has 38 heavy (non-hydrogen) atoms. The fraction of sp³-hybridized carbons (Fsp3) is 0.538. The number of carbonyl (C=O) groups excluding carboxylic acids is 1. The van der Waals surface area contributed by atoms with Gasteiger partial charge in [-0.1, -0.05) is 44.2 Å². The average molecular weight is 549 g/mol. The molecule has 2 aliphatic rings. The second kappa shape index (κ2) is 12.4. The molecule has 2 aromatic rings. The van der Waals surface area contributed by atoms with E-state index in [1.165, 1.54) is 22.8 Å². The van der Waals surface area contributed by atoms with Gasteiger partial charge in [0, 0.05) is 25.5 Å². The molecule has 0 radical (unpaired) electrons. The maximum Gasteiger partial charge on any atom is 0.407 e. The lowest BCUT2D eigenvalue weighted by Gasteiger charge is -2.31. The highest BCUT2D eigenvalue weighted by Gasteiger charge is 2.44. The molecule has 2 saturated heterocycles. The van der Waals surface area contributed by atoms with E-state index in [0.29, 0.717) is 6.61 Å². The number of alkyl carbamates (subject to hydrolysis) is 1. The first-order chi connectivity index (χ1) is 18.1. The van der Waals surface area contributed by atoms with Crippen molar-refractivity contribution >= 4 is 21.8 Å². The van der Waals surface area contributed by atoms with Crippen molar-refractivity contribution in [1.82, 2.24) is 14.6 Å². The largest absolute Gasteiger partial charge is 0.443 e. The van der Waals surface area contributed by atoms with Gasteiger partial charge < -0.3 is 30.4 Å². The molecule has 0 saturated carbocycles. The van der Waals surface area contributed by atoms with Gasteiger partial charge in [-0.2, -0.15) is 4.31 Å². The molecule has 0 aliphatic carbocycles. The maximum atomic E-state index is 13.5. The van der Waals surface area contributed by atoms with Gasteiger partial charge in [0.2, 0.25) is 10.0 Å². The lowest BCUT2D eigenvalue weighted by molar-refractivity contribution is -0.0907. The van der Waals surface area contributed by atoms with Crippen LogP contribution in [0.5, 0.6) is 0 Å². The van der Waals surface area contributed by atoms with Gasteiger partial charge in [0.05, 0.1) is 37.0 Å². The van der Waals surface area contributed by atoms with Crippen LogP contribution < -0.4 is 11.1 Å². The third kappa shape index (κ3) is 7.00. The van der Waals surface area contributed by atoms with Crippen molar-refractivity contribution in [2.45, 2.75) is 56.1 Å². The first-order valence-electron chi connectivity index (χ1n) is 12.8. The maximum absolute atomic E-state index is 13.5. The number of sulfonamides is 1. The van der Waals surface area contributed by atoms with Crippen molar-refractivity contribution < 1.29 is 32.5 Å². The third-order valence-electron chi connectivity index (χ3n) is 6.64. The van der Waals surface area contributed by atoms with Gasteiger partial charge in [0.25, 0.3) is 0 Å². The summed E-state index contributed by atoms with van der Waals surface area (Å²) in [4.78, 5) is 16.8. The van der Waals surface area contributed by atoms with Gasteiger partial charge >= 0.3 is 6.09 Å². The standard InChI is InChI=1S/C26H36N4O7S/c1-17(2)14-30(38(33,34)20-11-19(27)12-28-13-20)15-23(31)22(10-18-6-4-3-5-7-18)29-26(32)37-24-16-36-25-21(24)8-9-35-25/h3-7,11-13,17,21-25,31H,8-10,14-16,27H2,1-2H3,(H,29,32)/t21?,22-,23+,24-,25+/m0/s1. The number of ether oxygens (including phenoxy) is 3. The van der Waals surface area contributed by atoms with Crippen LogP contribution in [0.2, 0.25) is 0 Å². The third-order valence-corrected chi connectivity index (χ3v) is 8.44. The number of anilines is 1. The highest BCUT2D eigenvalue weighted by atomic mass is 32.2. The van der Waals surface area contributed by atoms with Gasteiger partial charge in [-0.25, -0.2) is 13.2 Å². The van der Waals surface area contributed by atoms with Crippen molar-refractivity contribution in [3.05, 3.63) is 54.4 Å². The number of pyridine rings is 1. The molecule has 3 heterocycles. The number of nitrogens with two attached hydrogens (primary N) is 1. The Morgan fingerprint density at radius 2 is 2.00 bits per heavy atom. The number of amides is 1. The highest BCUT2D eigenvalue weighted by Crippen LogP contribution is 2.33. The van der Waals surface area contributed by atoms with E-state index in [2.05, 4.69) is 10.3 Å². The van der Waals surface area contributed by atoms with E-state index < -0.39 is 34.4 Å². The number of nitrogen functional groups attached to an aromatic ring is 1. The first kappa shape index (κ1) is 28.2. The Morgan fingerprint density at radius 3 is 2.71 bits per heavy atom. The van der Waals surface area contributed by atoms with E-state index in [1.54, 1.807) is 0 Å². The number of aliphatic hydroxyl groups excluding tert-OH is 1. The SMILES string of the molecule is CC(C)CN(C[C@@H](O)[C@H](Cc1ccccc1)NC(=O)O[C@H]1CO[C@H]2OCCC21)S(=O)(=O)c1cncc(N)c1. The van der Waals surface area contributed by atoms with E-state index in [0.717, 1.165) is 12.0 Å². The van der Waals surface area contributed by atoms with Gasteiger partial charge in [-0.05, 0) is 30.4 Å². The number of rotatable bonds is 11. The molecule has 1 aromatic carbocycles. The van der Waals surface area contributed by atoms with Crippen molar-refractivity contribution in [1.29, 1.82) is 0 Å². The second-order valence-corrected chi connectivity index (χ2v) is 12.1. The number of aromatic nitrogens is 1. The molecule has 5 atom stereocenters. The fourth-order valence-electron chi connectivity index (χ4n) is 4.76. The number of aliphatic hydroxyl groups is 1. The molecular formula is C26H36N4O7S. The number of nitrogens with zero attached hydrogens (tertiary/aromatic N) is 2. The number of carbonyl (C=O) groups is 1.